The van der Waals surface area contributed by atoms with Gasteiger partial charge in [0.05, 0.1) is 5.56 Å². The highest BCUT2D eigenvalue weighted by molar-refractivity contribution is 9.10. The fourth-order valence-electron chi connectivity index (χ4n) is 2.06. The van der Waals surface area contributed by atoms with Gasteiger partial charge in [0.1, 0.15) is 11.7 Å². The Morgan fingerprint density at radius 2 is 1.74 bits per heavy atom. The van der Waals surface area contributed by atoms with Crippen LogP contribution in [0.5, 0.6) is 0 Å². The molecule has 2 aromatic carbocycles. The van der Waals surface area contributed by atoms with Crippen molar-refractivity contribution in [3.63, 3.8) is 0 Å². The number of halogens is 2. The first-order valence-electron chi connectivity index (χ1n) is 7.84. The molecule has 140 valence electrons. The summed E-state index contributed by atoms with van der Waals surface area (Å²) in [6.45, 7) is 1.33. The van der Waals surface area contributed by atoms with Gasteiger partial charge in [0.25, 0.3) is 11.8 Å². The first-order valence-corrected chi connectivity index (χ1v) is 9.02. The van der Waals surface area contributed by atoms with Crippen molar-refractivity contribution in [1.82, 2.24) is 10.6 Å². The highest BCUT2D eigenvalue weighted by Gasteiger charge is 2.20. The van der Waals surface area contributed by atoms with Crippen LogP contribution in [0.1, 0.15) is 22.8 Å². The highest BCUT2D eigenvalue weighted by Crippen LogP contribution is 2.17. The molecule has 0 heterocycles. The van der Waals surface area contributed by atoms with Gasteiger partial charge in [-0.3, -0.25) is 14.4 Å². The minimum Gasteiger partial charge on any atom is -0.480 e. The zero-order valence-corrected chi connectivity index (χ0v) is 16.5. The molecule has 27 heavy (non-hydrogen) atoms. The quantitative estimate of drug-likeness (QED) is 0.586. The number of amides is 2. The molecule has 0 saturated carbocycles. The predicted octanol–water partition coefficient (Wildman–Crippen LogP) is 3.46. The van der Waals surface area contributed by atoms with Gasteiger partial charge in [0, 0.05) is 9.50 Å². The van der Waals surface area contributed by atoms with Crippen molar-refractivity contribution in [1.29, 1.82) is 0 Å². The van der Waals surface area contributed by atoms with Crippen LogP contribution in [0, 0.1) is 0 Å². The Hall–Kier alpha value is -2.64. The van der Waals surface area contributed by atoms with Gasteiger partial charge in [0.2, 0.25) is 0 Å². The summed E-state index contributed by atoms with van der Waals surface area (Å²) in [7, 11) is 0. The maximum atomic E-state index is 12.5. The number of hydrogen-bond donors (Lipinski definition) is 3. The summed E-state index contributed by atoms with van der Waals surface area (Å²) >= 11 is 9.14. The first-order chi connectivity index (χ1) is 12.8. The van der Waals surface area contributed by atoms with Crippen LogP contribution < -0.4 is 10.6 Å². The molecule has 1 unspecified atom stereocenters. The zero-order valence-electron chi connectivity index (χ0n) is 14.2. The molecule has 6 nitrogen and oxygen atoms in total. The summed E-state index contributed by atoms with van der Waals surface area (Å²) in [5.74, 6) is -2.42. The molecule has 0 radical (unpaired) electrons. The lowest BCUT2D eigenvalue weighted by molar-refractivity contribution is -0.140. The first kappa shape index (κ1) is 20.7. The molecular formula is C19H16BrClN2O4. The lowest BCUT2D eigenvalue weighted by Gasteiger charge is -2.14. The van der Waals surface area contributed by atoms with E-state index in [1.165, 1.54) is 13.0 Å². The molecule has 0 spiro atoms. The second-order valence-electron chi connectivity index (χ2n) is 5.58. The highest BCUT2D eigenvalue weighted by atomic mass is 79.9. The number of carboxylic acids is 1. The van der Waals surface area contributed by atoms with Crippen molar-refractivity contribution >= 4 is 51.4 Å². The van der Waals surface area contributed by atoms with Crippen LogP contribution in [0.4, 0.5) is 0 Å². The van der Waals surface area contributed by atoms with Gasteiger partial charge >= 0.3 is 5.97 Å². The SMILES string of the molecule is CC(NC(=O)/C(=C\c1ccc(Cl)cc1)NC(=O)c1ccccc1Br)C(=O)O. The van der Waals surface area contributed by atoms with Crippen LogP contribution in [0.2, 0.25) is 5.02 Å². The number of carbonyl (C=O) groups is 3. The van der Waals surface area contributed by atoms with Crippen LogP contribution in [-0.2, 0) is 9.59 Å². The lowest BCUT2D eigenvalue weighted by Crippen LogP contribution is -2.42. The van der Waals surface area contributed by atoms with Crippen molar-refractivity contribution in [2.45, 2.75) is 13.0 Å². The predicted molar refractivity (Wildman–Crippen MR) is 106 cm³/mol. The van der Waals surface area contributed by atoms with Crippen molar-refractivity contribution in [2.24, 2.45) is 0 Å². The van der Waals surface area contributed by atoms with Crippen LogP contribution in [-0.4, -0.2) is 28.9 Å². The van der Waals surface area contributed by atoms with Gasteiger partial charge in [-0.2, -0.15) is 0 Å². The molecule has 2 rings (SSSR count). The van der Waals surface area contributed by atoms with E-state index < -0.39 is 23.8 Å². The summed E-state index contributed by atoms with van der Waals surface area (Å²) in [5.41, 5.74) is 0.852. The molecule has 2 aromatic rings. The third-order valence-electron chi connectivity index (χ3n) is 3.51. The maximum Gasteiger partial charge on any atom is 0.325 e. The molecule has 0 fully saturated rings. The number of aliphatic carboxylic acids is 1. The van der Waals surface area contributed by atoms with Crippen molar-refractivity contribution in [3.8, 4) is 0 Å². The number of nitrogens with one attached hydrogen (secondary N) is 2. The second kappa shape index (κ2) is 9.34. The Balaban J connectivity index is 2.32. The molecular weight excluding hydrogens is 436 g/mol. The summed E-state index contributed by atoms with van der Waals surface area (Å²) in [6, 6.07) is 12.2. The van der Waals surface area contributed by atoms with E-state index in [0.29, 0.717) is 20.6 Å². The van der Waals surface area contributed by atoms with E-state index in [-0.39, 0.29) is 5.70 Å². The zero-order chi connectivity index (χ0) is 20.0. The molecule has 1 atom stereocenters. The summed E-state index contributed by atoms with van der Waals surface area (Å²) in [6.07, 6.45) is 1.44. The minimum atomic E-state index is -1.19. The summed E-state index contributed by atoms with van der Waals surface area (Å²) < 4.78 is 0.563. The number of carboxylic acid groups (broad SMARTS) is 1. The molecule has 0 aliphatic rings. The van der Waals surface area contributed by atoms with Crippen LogP contribution in [0.3, 0.4) is 0 Å². The Labute approximate surface area is 169 Å². The van der Waals surface area contributed by atoms with Crippen molar-refractivity contribution in [2.75, 3.05) is 0 Å². The fourth-order valence-corrected chi connectivity index (χ4v) is 2.65. The number of carbonyl (C=O) groups excluding carboxylic acids is 2. The van der Waals surface area contributed by atoms with Crippen LogP contribution in [0.25, 0.3) is 6.08 Å². The van der Waals surface area contributed by atoms with Gasteiger partial charge in [-0.25, -0.2) is 0 Å². The standard InChI is InChI=1S/C19H16BrClN2O4/c1-11(19(26)27)22-18(25)16(10-12-6-8-13(21)9-7-12)23-17(24)14-4-2-3-5-15(14)20/h2-11H,1H3,(H,22,25)(H,23,24)(H,26,27)/b16-10+. The molecule has 0 aliphatic carbocycles. The van der Waals surface area contributed by atoms with E-state index in [2.05, 4.69) is 26.6 Å². The van der Waals surface area contributed by atoms with Gasteiger partial charge in [0.15, 0.2) is 0 Å². The number of hydrogen-bond acceptors (Lipinski definition) is 3. The van der Waals surface area contributed by atoms with E-state index in [9.17, 15) is 14.4 Å². The molecule has 0 aliphatic heterocycles. The largest absolute Gasteiger partial charge is 0.480 e. The topological polar surface area (TPSA) is 95.5 Å². The van der Waals surface area contributed by atoms with Gasteiger partial charge in [-0.1, -0.05) is 35.9 Å². The van der Waals surface area contributed by atoms with Gasteiger partial charge in [-0.05, 0) is 58.8 Å². The molecule has 0 bridgehead atoms. The minimum absolute atomic E-state index is 0.0915. The molecule has 0 saturated heterocycles. The Kier molecular flexibility index (Phi) is 7.15. The summed E-state index contributed by atoms with van der Waals surface area (Å²) in [4.78, 5) is 36.0. The Morgan fingerprint density at radius 1 is 1.11 bits per heavy atom. The summed E-state index contributed by atoms with van der Waals surface area (Å²) in [5, 5.41) is 14.4. The fraction of sp³-hybridized carbons (Fsp3) is 0.105. The van der Waals surface area contributed by atoms with Gasteiger partial charge < -0.3 is 15.7 Å². The molecule has 8 heteroatoms. The molecule has 0 aromatic heterocycles. The lowest BCUT2D eigenvalue weighted by atomic mass is 10.1. The van der Waals surface area contributed by atoms with Crippen molar-refractivity contribution < 1.29 is 19.5 Å². The molecule has 3 N–H and O–H groups in total. The molecule has 2 amide bonds. The number of benzene rings is 2. The average Bonchev–Trinajstić information content (AvgIpc) is 2.63. The smallest absolute Gasteiger partial charge is 0.325 e. The van der Waals surface area contributed by atoms with Gasteiger partial charge in [-0.15, -0.1) is 0 Å². The van der Waals surface area contributed by atoms with Crippen LogP contribution >= 0.6 is 27.5 Å². The second-order valence-corrected chi connectivity index (χ2v) is 6.87. The van der Waals surface area contributed by atoms with E-state index in [4.69, 9.17) is 16.7 Å². The Morgan fingerprint density at radius 3 is 2.33 bits per heavy atom. The van der Waals surface area contributed by atoms with Crippen LogP contribution in [0.15, 0.2) is 58.7 Å². The third kappa shape index (κ3) is 5.94. The van der Waals surface area contributed by atoms with E-state index in [1.54, 1.807) is 48.5 Å². The average molecular weight is 452 g/mol. The normalized spacial score (nSPS) is 12.2. The van der Waals surface area contributed by atoms with Crippen molar-refractivity contribution in [3.05, 3.63) is 74.9 Å². The maximum absolute atomic E-state index is 12.5. The monoisotopic (exact) mass is 450 g/mol. The third-order valence-corrected chi connectivity index (χ3v) is 4.45. The number of rotatable bonds is 6. The van der Waals surface area contributed by atoms with E-state index in [0.717, 1.165) is 0 Å². The van der Waals surface area contributed by atoms with E-state index >= 15 is 0 Å². The Bertz CT molecular complexity index is 897. The van der Waals surface area contributed by atoms with E-state index in [1.807, 2.05) is 0 Å².